The maximum atomic E-state index is 11.6. The molecule has 0 heterocycles. The van der Waals surface area contributed by atoms with E-state index in [-0.39, 0.29) is 5.97 Å². The predicted molar refractivity (Wildman–Crippen MR) is 163 cm³/mol. The topological polar surface area (TPSA) is 129 Å². The summed E-state index contributed by atoms with van der Waals surface area (Å²) in [5, 5.41) is 18.4. The van der Waals surface area contributed by atoms with Gasteiger partial charge in [-0.1, -0.05) is 91.0 Å². The van der Waals surface area contributed by atoms with Crippen molar-refractivity contribution in [3.8, 4) is 0 Å². The number of carboxylic acid groups (broad SMARTS) is 1. The molecule has 0 bridgehead atoms. The summed E-state index contributed by atoms with van der Waals surface area (Å²) in [5.74, 6) is -1.97. The molecule has 0 spiro atoms. The lowest BCUT2D eigenvalue weighted by molar-refractivity contribution is -0.164. The second-order valence-corrected chi connectivity index (χ2v) is 11.2. The molecule has 0 aliphatic rings. The van der Waals surface area contributed by atoms with Crippen molar-refractivity contribution in [3.63, 3.8) is 0 Å². The van der Waals surface area contributed by atoms with Crippen LogP contribution >= 0.6 is 0 Å². The Kier molecular flexibility index (Phi) is 15.3. The third-order valence-corrected chi connectivity index (χ3v) is 5.33. The smallest absolute Gasteiger partial charge is 0.339 e. The number of hydrogen-bond donors (Lipinski definition) is 2. The van der Waals surface area contributed by atoms with Gasteiger partial charge in [0.15, 0.2) is 18.3 Å². The average molecular weight is 597 g/mol. The van der Waals surface area contributed by atoms with Crippen molar-refractivity contribution in [2.45, 2.75) is 71.1 Å². The van der Waals surface area contributed by atoms with Crippen molar-refractivity contribution in [1.29, 1.82) is 0 Å². The largest absolute Gasteiger partial charge is 0.479 e. The number of hydrogen-bond acceptors (Lipinski definition) is 8. The normalized spacial score (nSPS) is 13.0. The van der Waals surface area contributed by atoms with Crippen LogP contribution < -0.4 is 0 Å². The maximum absolute atomic E-state index is 11.6. The van der Waals surface area contributed by atoms with E-state index >= 15 is 0 Å². The number of esters is 2. The first-order valence-corrected chi connectivity index (χ1v) is 13.7. The van der Waals surface area contributed by atoms with Gasteiger partial charge in [-0.05, 0) is 58.2 Å². The molecule has 9 nitrogen and oxygen atoms in total. The van der Waals surface area contributed by atoms with Gasteiger partial charge >= 0.3 is 17.9 Å². The zero-order chi connectivity index (χ0) is 32.6. The van der Waals surface area contributed by atoms with Gasteiger partial charge in [-0.15, -0.1) is 0 Å². The Morgan fingerprint density at radius 2 is 0.884 bits per heavy atom. The molecule has 0 aliphatic heterocycles. The van der Waals surface area contributed by atoms with Crippen molar-refractivity contribution in [2.75, 3.05) is 14.2 Å². The van der Waals surface area contributed by atoms with Crippen molar-refractivity contribution in [3.05, 3.63) is 108 Å². The predicted octanol–water partition coefficient (Wildman–Crippen LogP) is 6.24. The molecule has 0 amide bonds. The standard InChI is InChI=1S/C13H18O3.C12H16O3.C9H10O3/c1-13(2,3)16-11(12(14)15-4)10-8-6-5-7-9-10;1-12(2,3)15-10(11(13)14)9-7-5-4-6-8-9;1-12-9(11)8(10)7-5-3-2-4-6-7/h5-9,11H,1-4H3;4-8,10H,1-3H3,(H,13,14);2-6,8,10H,1H3/t11-;10-;8-/m000/s1. The molecule has 0 aliphatic carbocycles. The molecule has 0 fully saturated rings. The Hall–Kier alpha value is -4.05. The number of aliphatic carboxylic acids is 1. The van der Waals surface area contributed by atoms with Crippen molar-refractivity contribution >= 4 is 17.9 Å². The highest BCUT2D eigenvalue weighted by atomic mass is 16.6. The van der Waals surface area contributed by atoms with Crippen LogP contribution in [0.25, 0.3) is 0 Å². The zero-order valence-corrected chi connectivity index (χ0v) is 26.1. The van der Waals surface area contributed by atoms with Gasteiger partial charge in [0.05, 0.1) is 25.4 Å². The van der Waals surface area contributed by atoms with Crippen LogP contribution in [-0.4, -0.2) is 53.5 Å². The highest BCUT2D eigenvalue weighted by molar-refractivity contribution is 5.76. The highest BCUT2D eigenvalue weighted by Crippen LogP contribution is 2.25. The molecule has 9 heteroatoms. The lowest BCUT2D eigenvalue weighted by Crippen LogP contribution is -2.28. The van der Waals surface area contributed by atoms with Crippen LogP contribution in [0.3, 0.4) is 0 Å². The minimum Gasteiger partial charge on any atom is -0.479 e. The first-order valence-electron chi connectivity index (χ1n) is 13.7. The van der Waals surface area contributed by atoms with Gasteiger partial charge in [0, 0.05) is 0 Å². The fraction of sp³-hybridized carbons (Fsp3) is 0.382. The van der Waals surface area contributed by atoms with Crippen LogP contribution in [0.5, 0.6) is 0 Å². The summed E-state index contributed by atoms with van der Waals surface area (Å²) < 4.78 is 20.3. The van der Waals surface area contributed by atoms with E-state index in [1.54, 1.807) is 48.5 Å². The minimum atomic E-state index is -1.17. The first-order chi connectivity index (χ1) is 20.1. The molecule has 0 saturated carbocycles. The van der Waals surface area contributed by atoms with E-state index in [9.17, 15) is 19.5 Å². The number of carbonyl (C=O) groups excluding carboxylic acids is 2. The van der Waals surface area contributed by atoms with Crippen molar-refractivity contribution in [1.82, 2.24) is 0 Å². The number of carbonyl (C=O) groups is 3. The second-order valence-electron chi connectivity index (χ2n) is 11.2. The Morgan fingerprint density at radius 1 is 0.558 bits per heavy atom. The molecule has 0 unspecified atom stereocenters. The van der Waals surface area contributed by atoms with Gasteiger partial charge in [0.25, 0.3) is 0 Å². The molecule has 0 aromatic heterocycles. The van der Waals surface area contributed by atoms with Crippen LogP contribution in [0.2, 0.25) is 0 Å². The third kappa shape index (κ3) is 14.6. The summed E-state index contributed by atoms with van der Waals surface area (Å²) in [7, 11) is 2.61. The quantitative estimate of drug-likeness (QED) is 0.291. The highest BCUT2D eigenvalue weighted by Gasteiger charge is 2.28. The fourth-order valence-electron chi connectivity index (χ4n) is 3.47. The molecular weight excluding hydrogens is 552 g/mol. The Balaban J connectivity index is 0.000000326. The molecule has 0 saturated heterocycles. The first kappa shape index (κ1) is 37.0. The summed E-state index contributed by atoms with van der Waals surface area (Å²) >= 11 is 0. The summed E-state index contributed by atoms with van der Waals surface area (Å²) in [6, 6.07) is 27.0. The number of benzene rings is 3. The lowest BCUT2D eigenvalue weighted by atomic mass is 10.1. The zero-order valence-electron chi connectivity index (χ0n) is 26.1. The van der Waals surface area contributed by atoms with Crippen LogP contribution in [-0.2, 0) is 33.3 Å². The molecule has 3 aromatic rings. The van der Waals surface area contributed by atoms with Gasteiger partial charge in [0.2, 0.25) is 0 Å². The van der Waals surface area contributed by atoms with E-state index in [1.807, 2.05) is 84.0 Å². The summed E-state index contributed by atoms with van der Waals surface area (Å²) in [4.78, 5) is 33.5. The molecule has 2 N–H and O–H groups in total. The Labute approximate surface area is 254 Å². The molecule has 3 atom stereocenters. The van der Waals surface area contributed by atoms with Gasteiger partial charge < -0.3 is 29.2 Å². The van der Waals surface area contributed by atoms with Crippen molar-refractivity contribution < 1.29 is 43.5 Å². The molecule has 234 valence electrons. The maximum Gasteiger partial charge on any atom is 0.339 e. The van der Waals surface area contributed by atoms with E-state index in [0.29, 0.717) is 11.1 Å². The summed E-state index contributed by atoms with van der Waals surface area (Å²) in [6.07, 6.45) is -2.73. The van der Waals surface area contributed by atoms with Gasteiger partial charge in [0.1, 0.15) is 0 Å². The third-order valence-electron chi connectivity index (χ3n) is 5.33. The number of carboxylic acids is 1. The van der Waals surface area contributed by atoms with Crippen molar-refractivity contribution in [2.24, 2.45) is 0 Å². The molecular formula is C34H44O9. The van der Waals surface area contributed by atoms with Crippen LogP contribution in [0.15, 0.2) is 91.0 Å². The molecule has 0 radical (unpaired) electrons. The number of rotatable bonds is 8. The SMILES string of the molecule is CC(C)(C)O[C@H](C(=O)O)c1ccccc1.COC(=O)[C@@H](O)c1ccccc1.COC(=O)[C@@H](OC(C)(C)C)c1ccccc1. The van der Waals surface area contributed by atoms with E-state index in [1.165, 1.54) is 14.2 Å². The monoisotopic (exact) mass is 596 g/mol. The van der Waals surface area contributed by atoms with Gasteiger partial charge in [-0.3, -0.25) is 0 Å². The minimum absolute atomic E-state index is 0.374. The number of ether oxygens (including phenoxy) is 4. The average Bonchev–Trinajstić information content (AvgIpc) is 2.98. The summed E-state index contributed by atoms with van der Waals surface area (Å²) in [5.41, 5.74) is 1.15. The number of methoxy groups -OCH3 is 2. The molecule has 3 rings (SSSR count). The fourth-order valence-corrected chi connectivity index (χ4v) is 3.47. The van der Waals surface area contributed by atoms with E-state index in [4.69, 9.17) is 19.3 Å². The molecule has 3 aromatic carbocycles. The van der Waals surface area contributed by atoms with Gasteiger partial charge in [-0.2, -0.15) is 0 Å². The number of aliphatic hydroxyl groups excluding tert-OH is 1. The summed E-state index contributed by atoms with van der Waals surface area (Å²) in [6.45, 7) is 11.2. The van der Waals surface area contributed by atoms with Crippen LogP contribution in [0.1, 0.15) is 76.5 Å². The lowest BCUT2D eigenvalue weighted by Gasteiger charge is -2.26. The van der Waals surface area contributed by atoms with Crippen LogP contribution in [0, 0.1) is 0 Å². The Morgan fingerprint density at radius 3 is 1.21 bits per heavy atom. The molecule has 43 heavy (non-hydrogen) atoms. The number of aliphatic hydroxyl groups is 1. The van der Waals surface area contributed by atoms with Crippen LogP contribution in [0.4, 0.5) is 0 Å². The van der Waals surface area contributed by atoms with E-state index in [0.717, 1.165) is 5.56 Å². The van der Waals surface area contributed by atoms with E-state index < -0.39 is 41.5 Å². The Bertz CT molecular complexity index is 1230. The van der Waals surface area contributed by atoms with E-state index in [2.05, 4.69) is 4.74 Å². The second kappa shape index (κ2) is 17.8. The van der Waals surface area contributed by atoms with Gasteiger partial charge in [-0.25, -0.2) is 14.4 Å².